The number of piperidine rings is 1. The number of carbonyl (C=O) groups is 2. The van der Waals surface area contributed by atoms with E-state index >= 15 is 0 Å². The zero-order valence-corrected chi connectivity index (χ0v) is 17.3. The molecular formula is C21H32ClN3O2. The van der Waals surface area contributed by atoms with Gasteiger partial charge in [0.2, 0.25) is 11.8 Å². The highest BCUT2D eigenvalue weighted by molar-refractivity contribution is 5.89. The Bertz CT molecular complexity index is 627. The molecule has 2 aliphatic rings. The summed E-state index contributed by atoms with van der Waals surface area (Å²) in [7, 11) is 1.98. The van der Waals surface area contributed by atoms with Gasteiger partial charge in [-0.2, -0.15) is 0 Å². The summed E-state index contributed by atoms with van der Waals surface area (Å²) in [5, 5.41) is 3.20. The van der Waals surface area contributed by atoms with E-state index in [4.69, 9.17) is 0 Å². The Morgan fingerprint density at radius 3 is 2.48 bits per heavy atom. The summed E-state index contributed by atoms with van der Waals surface area (Å²) in [5.41, 5.74) is 2.34. The van der Waals surface area contributed by atoms with E-state index in [9.17, 15) is 9.59 Å². The zero-order valence-electron chi connectivity index (χ0n) is 16.4. The van der Waals surface area contributed by atoms with Crippen LogP contribution in [0.3, 0.4) is 0 Å². The summed E-state index contributed by atoms with van der Waals surface area (Å²) in [4.78, 5) is 29.0. The van der Waals surface area contributed by atoms with Crippen LogP contribution >= 0.6 is 12.4 Å². The van der Waals surface area contributed by atoms with E-state index in [1.165, 1.54) is 12.0 Å². The van der Waals surface area contributed by atoms with E-state index in [1.807, 2.05) is 16.8 Å². The number of nitrogens with one attached hydrogen (secondary N) is 1. The monoisotopic (exact) mass is 393 g/mol. The molecule has 1 aromatic rings. The van der Waals surface area contributed by atoms with Crippen molar-refractivity contribution in [3.05, 3.63) is 35.4 Å². The lowest BCUT2D eigenvalue weighted by Gasteiger charge is -2.33. The molecule has 0 bridgehead atoms. The number of hydrogen-bond acceptors (Lipinski definition) is 3. The van der Waals surface area contributed by atoms with E-state index in [0.717, 1.165) is 44.0 Å². The molecule has 0 aliphatic carbocycles. The van der Waals surface area contributed by atoms with Crippen LogP contribution in [-0.4, -0.2) is 54.8 Å². The molecule has 5 nitrogen and oxygen atoms in total. The van der Waals surface area contributed by atoms with Crippen LogP contribution in [0.5, 0.6) is 0 Å². The number of nitrogens with zero attached hydrogens (tertiary/aromatic N) is 2. The molecule has 1 N–H and O–H groups in total. The molecule has 2 amide bonds. The third kappa shape index (κ3) is 5.69. The molecule has 27 heavy (non-hydrogen) atoms. The quantitative estimate of drug-likeness (QED) is 0.808. The molecule has 150 valence electrons. The number of rotatable bonds is 6. The number of aryl methyl sites for hydroxylation is 1. The van der Waals surface area contributed by atoms with E-state index in [0.29, 0.717) is 19.5 Å². The Hall–Kier alpha value is -1.59. The zero-order chi connectivity index (χ0) is 18.5. The first-order chi connectivity index (χ1) is 12.6. The number of hydrogen-bond donors (Lipinski definition) is 1. The lowest BCUT2D eigenvalue weighted by atomic mass is 9.92. The van der Waals surface area contributed by atoms with E-state index in [1.54, 1.807) is 0 Å². The Kier molecular flexibility index (Phi) is 8.11. The average Bonchev–Trinajstić information content (AvgIpc) is 3.02. The van der Waals surface area contributed by atoms with Gasteiger partial charge in [-0.05, 0) is 51.3 Å². The molecule has 3 rings (SSSR count). The van der Waals surface area contributed by atoms with E-state index in [-0.39, 0.29) is 30.1 Å². The second kappa shape index (κ2) is 10.1. The molecule has 1 atom stereocenters. The molecule has 6 heteroatoms. The summed E-state index contributed by atoms with van der Waals surface area (Å²) in [6.07, 6.45) is 3.72. The topological polar surface area (TPSA) is 52.7 Å². The van der Waals surface area contributed by atoms with Crippen molar-refractivity contribution in [3.8, 4) is 0 Å². The molecular weight excluding hydrogens is 362 g/mol. The molecule has 0 spiro atoms. The standard InChI is InChI=1S/C21H31N3O2.ClH/c1-16-3-5-18(6-4-16)14-24-15-19(13-20(24)25)21(26)23-11-8-17(9-12-23)7-10-22-2;/h3-6,17,19,22H,7-15H2,1-2H3;1H. The maximum atomic E-state index is 12.8. The number of benzene rings is 1. The minimum atomic E-state index is -0.165. The van der Waals surface area contributed by atoms with Gasteiger partial charge in [0.25, 0.3) is 0 Å². The van der Waals surface area contributed by atoms with Gasteiger partial charge in [-0.1, -0.05) is 29.8 Å². The molecule has 0 radical (unpaired) electrons. The van der Waals surface area contributed by atoms with Gasteiger partial charge in [-0.25, -0.2) is 0 Å². The van der Waals surface area contributed by atoms with Crippen molar-refractivity contribution in [2.24, 2.45) is 11.8 Å². The maximum absolute atomic E-state index is 12.8. The van der Waals surface area contributed by atoms with Gasteiger partial charge in [0, 0.05) is 32.6 Å². The fraction of sp³-hybridized carbons (Fsp3) is 0.619. The molecule has 0 aromatic heterocycles. The number of halogens is 1. The molecule has 2 fully saturated rings. The van der Waals surface area contributed by atoms with Crippen LogP contribution in [0.4, 0.5) is 0 Å². The smallest absolute Gasteiger partial charge is 0.227 e. The first kappa shape index (κ1) is 21.7. The van der Waals surface area contributed by atoms with Gasteiger partial charge >= 0.3 is 0 Å². The van der Waals surface area contributed by atoms with Gasteiger partial charge < -0.3 is 15.1 Å². The van der Waals surface area contributed by atoms with Crippen molar-refractivity contribution in [1.29, 1.82) is 0 Å². The first-order valence-corrected chi connectivity index (χ1v) is 9.83. The van der Waals surface area contributed by atoms with Crippen LogP contribution in [0.2, 0.25) is 0 Å². The molecule has 1 aromatic carbocycles. The van der Waals surface area contributed by atoms with Gasteiger partial charge in [0.05, 0.1) is 5.92 Å². The highest BCUT2D eigenvalue weighted by Crippen LogP contribution is 2.26. The molecule has 0 saturated carbocycles. The second-order valence-electron chi connectivity index (χ2n) is 7.82. The van der Waals surface area contributed by atoms with Crippen molar-refractivity contribution in [1.82, 2.24) is 15.1 Å². The minimum Gasteiger partial charge on any atom is -0.342 e. The maximum Gasteiger partial charge on any atom is 0.227 e. The minimum absolute atomic E-state index is 0. The van der Waals surface area contributed by atoms with Crippen molar-refractivity contribution >= 4 is 24.2 Å². The van der Waals surface area contributed by atoms with Crippen LogP contribution in [-0.2, 0) is 16.1 Å². The third-order valence-electron chi connectivity index (χ3n) is 5.79. The first-order valence-electron chi connectivity index (χ1n) is 9.83. The summed E-state index contributed by atoms with van der Waals surface area (Å²) < 4.78 is 0. The Labute approximate surface area is 168 Å². The third-order valence-corrected chi connectivity index (χ3v) is 5.79. The van der Waals surface area contributed by atoms with Crippen LogP contribution in [0.15, 0.2) is 24.3 Å². The second-order valence-corrected chi connectivity index (χ2v) is 7.82. The molecule has 2 saturated heterocycles. The van der Waals surface area contributed by atoms with Crippen LogP contribution in [0.25, 0.3) is 0 Å². The number of carbonyl (C=O) groups excluding carboxylic acids is 2. The highest BCUT2D eigenvalue weighted by atomic mass is 35.5. The van der Waals surface area contributed by atoms with Gasteiger partial charge in [-0.3, -0.25) is 9.59 Å². The molecule has 1 unspecified atom stereocenters. The predicted octanol–water partition coefficient (Wildman–Crippen LogP) is 2.61. The normalized spacial score (nSPS) is 20.7. The van der Waals surface area contributed by atoms with Crippen molar-refractivity contribution in [2.75, 3.05) is 33.2 Å². The van der Waals surface area contributed by atoms with Gasteiger partial charge in [0.15, 0.2) is 0 Å². The fourth-order valence-corrected chi connectivity index (χ4v) is 4.05. The predicted molar refractivity (Wildman–Crippen MR) is 110 cm³/mol. The lowest BCUT2D eigenvalue weighted by Crippen LogP contribution is -2.42. The SMILES string of the molecule is CNCCC1CCN(C(=O)C2CC(=O)N(Cc3ccc(C)cc3)C2)CC1.Cl. The van der Waals surface area contributed by atoms with E-state index in [2.05, 4.69) is 36.5 Å². The highest BCUT2D eigenvalue weighted by Gasteiger charge is 2.37. The lowest BCUT2D eigenvalue weighted by molar-refractivity contribution is -0.137. The van der Waals surface area contributed by atoms with Crippen molar-refractivity contribution < 1.29 is 9.59 Å². The largest absolute Gasteiger partial charge is 0.342 e. The number of amides is 2. The van der Waals surface area contributed by atoms with Crippen LogP contribution in [0.1, 0.15) is 36.8 Å². The molecule has 2 aliphatic heterocycles. The van der Waals surface area contributed by atoms with Crippen LogP contribution in [0, 0.1) is 18.8 Å². The van der Waals surface area contributed by atoms with Gasteiger partial charge in [-0.15, -0.1) is 12.4 Å². The van der Waals surface area contributed by atoms with Crippen molar-refractivity contribution in [3.63, 3.8) is 0 Å². The molecule has 2 heterocycles. The fourth-order valence-electron chi connectivity index (χ4n) is 4.05. The Balaban J connectivity index is 0.00000261. The van der Waals surface area contributed by atoms with Gasteiger partial charge in [0.1, 0.15) is 0 Å². The summed E-state index contributed by atoms with van der Waals surface area (Å²) >= 11 is 0. The van der Waals surface area contributed by atoms with E-state index < -0.39 is 0 Å². The summed E-state index contributed by atoms with van der Waals surface area (Å²) in [6.45, 7) is 5.96. The number of likely N-dealkylation sites (tertiary alicyclic amines) is 2. The average molecular weight is 394 g/mol. The van der Waals surface area contributed by atoms with Crippen molar-refractivity contribution in [2.45, 2.75) is 39.2 Å². The Morgan fingerprint density at radius 1 is 1.19 bits per heavy atom. The Morgan fingerprint density at radius 2 is 1.85 bits per heavy atom. The summed E-state index contributed by atoms with van der Waals surface area (Å²) in [5.74, 6) is 0.834. The van der Waals surface area contributed by atoms with Crippen LogP contribution < -0.4 is 5.32 Å². The summed E-state index contributed by atoms with van der Waals surface area (Å²) in [6, 6.07) is 8.26.